The van der Waals surface area contributed by atoms with Gasteiger partial charge in [-0.25, -0.2) is 14.8 Å². The molecule has 1 aromatic carbocycles. The van der Waals surface area contributed by atoms with E-state index in [4.69, 9.17) is 16.3 Å². The third-order valence-electron chi connectivity index (χ3n) is 5.79. The van der Waals surface area contributed by atoms with Gasteiger partial charge in [0.25, 0.3) is 0 Å². The van der Waals surface area contributed by atoms with E-state index in [-0.39, 0.29) is 29.8 Å². The number of nitrogens with zero attached hydrogens (tertiary/aromatic N) is 3. The second-order valence-electron chi connectivity index (χ2n) is 9.71. The first-order valence-corrected chi connectivity index (χ1v) is 10.6. The molecule has 1 saturated heterocycles. The second kappa shape index (κ2) is 7.08. The van der Waals surface area contributed by atoms with E-state index in [1.54, 1.807) is 11.0 Å². The van der Waals surface area contributed by atoms with Crippen LogP contribution in [0.25, 0.3) is 10.9 Å². The van der Waals surface area contributed by atoms with E-state index in [1.807, 2.05) is 46.8 Å². The summed E-state index contributed by atoms with van der Waals surface area (Å²) >= 11 is 6.27. The molecule has 0 bridgehead atoms. The number of amides is 2. The van der Waals surface area contributed by atoms with Gasteiger partial charge in [-0.15, -0.1) is 0 Å². The maximum Gasteiger partial charge on any atom is 0.410 e. The smallest absolute Gasteiger partial charge is 0.410 e. The SMILES string of the molecule is CC(C)(C)OC(=O)N1C[C@@H]2C(C(=O)NC(C)(C)c3ncnc4c(Cl)cccc34)[C@@H]2C1. The van der Waals surface area contributed by atoms with Crippen molar-refractivity contribution in [2.45, 2.75) is 45.8 Å². The van der Waals surface area contributed by atoms with E-state index in [9.17, 15) is 9.59 Å². The number of piperidine rings is 1. The zero-order valence-electron chi connectivity index (χ0n) is 17.9. The van der Waals surface area contributed by atoms with Crippen LogP contribution in [-0.4, -0.2) is 45.6 Å². The lowest BCUT2D eigenvalue weighted by atomic mass is 9.95. The molecule has 2 amide bonds. The minimum absolute atomic E-state index is 0.00682. The Morgan fingerprint density at radius 2 is 1.80 bits per heavy atom. The number of fused-ring (bicyclic) bond motifs is 2. The Kier molecular flexibility index (Phi) is 4.92. The van der Waals surface area contributed by atoms with Crippen LogP contribution in [0.4, 0.5) is 4.79 Å². The minimum Gasteiger partial charge on any atom is -0.444 e. The predicted octanol–water partition coefficient (Wildman–Crippen LogP) is 3.75. The van der Waals surface area contributed by atoms with Crippen molar-refractivity contribution in [3.63, 3.8) is 0 Å². The molecule has 1 aromatic heterocycles. The number of para-hydroxylation sites is 1. The highest BCUT2D eigenvalue weighted by molar-refractivity contribution is 6.35. The van der Waals surface area contributed by atoms with Gasteiger partial charge in [0, 0.05) is 24.4 Å². The number of halogens is 1. The van der Waals surface area contributed by atoms with Crippen molar-refractivity contribution in [2.24, 2.45) is 17.8 Å². The molecular weight excluding hydrogens is 404 g/mol. The summed E-state index contributed by atoms with van der Waals surface area (Å²) in [6, 6.07) is 5.55. The first kappa shape index (κ1) is 20.8. The summed E-state index contributed by atoms with van der Waals surface area (Å²) in [4.78, 5) is 35.7. The van der Waals surface area contributed by atoms with E-state index in [0.29, 0.717) is 23.6 Å². The van der Waals surface area contributed by atoms with Gasteiger partial charge < -0.3 is 15.0 Å². The number of carbonyl (C=O) groups excluding carboxylic acids is 2. The standard InChI is InChI=1S/C22H27ClN4O3/c1-21(2,3)30-20(29)27-9-13-14(10-27)16(13)19(28)26-22(4,5)18-12-7-6-8-15(23)17(12)24-11-25-18/h6-8,11,13-14,16H,9-10H2,1-5H3,(H,26,28)/t13-,14+,16?. The van der Waals surface area contributed by atoms with Gasteiger partial charge >= 0.3 is 6.09 Å². The molecule has 1 aliphatic heterocycles. The number of nitrogens with one attached hydrogen (secondary N) is 1. The zero-order valence-corrected chi connectivity index (χ0v) is 18.7. The monoisotopic (exact) mass is 430 g/mol. The molecule has 0 radical (unpaired) electrons. The molecule has 8 heteroatoms. The quantitative estimate of drug-likeness (QED) is 0.801. The Labute approximate surface area is 181 Å². The van der Waals surface area contributed by atoms with Crippen LogP contribution in [0.1, 0.15) is 40.3 Å². The third kappa shape index (κ3) is 3.83. The van der Waals surface area contributed by atoms with Gasteiger partial charge in [0.2, 0.25) is 5.91 Å². The molecule has 0 spiro atoms. The Morgan fingerprint density at radius 3 is 2.43 bits per heavy atom. The summed E-state index contributed by atoms with van der Waals surface area (Å²) in [7, 11) is 0. The molecule has 3 atom stereocenters. The first-order valence-electron chi connectivity index (χ1n) is 10.2. The average Bonchev–Trinajstić information content (AvgIpc) is 3.14. The molecule has 1 aliphatic carbocycles. The fraction of sp³-hybridized carbons (Fsp3) is 0.545. The Morgan fingerprint density at radius 1 is 1.13 bits per heavy atom. The number of hydrogen-bond donors (Lipinski definition) is 1. The summed E-state index contributed by atoms with van der Waals surface area (Å²) in [6.07, 6.45) is 1.17. The Bertz CT molecular complexity index is 1010. The number of benzene rings is 1. The molecule has 1 saturated carbocycles. The zero-order chi connectivity index (χ0) is 21.8. The number of ether oxygens (including phenoxy) is 1. The second-order valence-corrected chi connectivity index (χ2v) is 10.1. The first-order chi connectivity index (χ1) is 14.0. The lowest BCUT2D eigenvalue weighted by molar-refractivity contribution is -0.125. The van der Waals surface area contributed by atoms with Crippen LogP contribution in [0.2, 0.25) is 5.02 Å². The van der Waals surface area contributed by atoms with Crippen LogP contribution in [0.3, 0.4) is 0 Å². The molecule has 160 valence electrons. The van der Waals surface area contributed by atoms with Crippen molar-refractivity contribution in [2.75, 3.05) is 13.1 Å². The lowest BCUT2D eigenvalue weighted by Gasteiger charge is -2.28. The summed E-state index contributed by atoms with van der Waals surface area (Å²) in [6.45, 7) is 10.5. The maximum atomic E-state index is 13.0. The summed E-state index contributed by atoms with van der Waals surface area (Å²) < 4.78 is 5.44. The van der Waals surface area contributed by atoms with Gasteiger partial charge in [-0.2, -0.15) is 0 Å². The van der Waals surface area contributed by atoms with Crippen molar-refractivity contribution in [3.05, 3.63) is 35.2 Å². The van der Waals surface area contributed by atoms with Gasteiger partial charge in [0.1, 0.15) is 11.9 Å². The molecule has 30 heavy (non-hydrogen) atoms. The van der Waals surface area contributed by atoms with E-state index in [0.717, 1.165) is 11.1 Å². The number of hydrogen-bond acceptors (Lipinski definition) is 5. The van der Waals surface area contributed by atoms with E-state index < -0.39 is 11.1 Å². The fourth-order valence-electron chi connectivity index (χ4n) is 4.39. The number of likely N-dealkylation sites (tertiary alicyclic amines) is 1. The predicted molar refractivity (Wildman–Crippen MR) is 114 cm³/mol. The maximum absolute atomic E-state index is 13.0. The van der Waals surface area contributed by atoms with E-state index >= 15 is 0 Å². The Hall–Kier alpha value is -2.41. The normalized spacial score (nSPS) is 23.3. The van der Waals surface area contributed by atoms with Crippen molar-refractivity contribution >= 4 is 34.5 Å². The van der Waals surface area contributed by atoms with Crippen molar-refractivity contribution in [1.29, 1.82) is 0 Å². The van der Waals surface area contributed by atoms with E-state index in [1.165, 1.54) is 6.33 Å². The largest absolute Gasteiger partial charge is 0.444 e. The lowest BCUT2D eigenvalue weighted by Crippen LogP contribution is -2.44. The van der Waals surface area contributed by atoms with Crippen LogP contribution < -0.4 is 5.32 Å². The number of aromatic nitrogens is 2. The fourth-order valence-corrected chi connectivity index (χ4v) is 4.61. The molecule has 1 N–H and O–H groups in total. The average molecular weight is 431 g/mol. The molecular formula is C22H27ClN4O3. The summed E-state index contributed by atoms with van der Waals surface area (Å²) in [5, 5.41) is 4.52. The molecule has 4 rings (SSSR count). The highest BCUT2D eigenvalue weighted by Crippen LogP contribution is 2.52. The van der Waals surface area contributed by atoms with Crippen LogP contribution in [0.5, 0.6) is 0 Å². The number of rotatable bonds is 3. The Balaban J connectivity index is 1.43. The van der Waals surface area contributed by atoms with Crippen LogP contribution in [0.15, 0.2) is 24.5 Å². The molecule has 2 heterocycles. The highest BCUT2D eigenvalue weighted by Gasteiger charge is 2.61. The van der Waals surface area contributed by atoms with Gasteiger partial charge in [-0.3, -0.25) is 4.79 Å². The van der Waals surface area contributed by atoms with Gasteiger partial charge in [0.15, 0.2) is 0 Å². The van der Waals surface area contributed by atoms with Gasteiger partial charge in [-0.05, 0) is 52.5 Å². The summed E-state index contributed by atoms with van der Waals surface area (Å²) in [5.74, 6) is 0.280. The van der Waals surface area contributed by atoms with Crippen LogP contribution in [-0.2, 0) is 15.1 Å². The van der Waals surface area contributed by atoms with Crippen molar-refractivity contribution < 1.29 is 14.3 Å². The molecule has 1 unspecified atom stereocenters. The molecule has 2 fully saturated rings. The van der Waals surface area contributed by atoms with E-state index in [2.05, 4.69) is 15.3 Å². The highest BCUT2D eigenvalue weighted by atomic mass is 35.5. The van der Waals surface area contributed by atoms with Crippen LogP contribution in [0, 0.1) is 17.8 Å². The van der Waals surface area contributed by atoms with Crippen molar-refractivity contribution in [3.8, 4) is 0 Å². The van der Waals surface area contributed by atoms with Gasteiger partial charge in [-0.1, -0.05) is 23.7 Å². The van der Waals surface area contributed by atoms with Crippen molar-refractivity contribution in [1.82, 2.24) is 20.2 Å². The van der Waals surface area contributed by atoms with Gasteiger partial charge in [0.05, 0.1) is 21.8 Å². The topological polar surface area (TPSA) is 84.4 Å². The summed E-state index contributed by atoms with van der Waals surface area (Å²) in [5.41, 5.74) is 0.186. The molecule has 7 nitrogen and oxygen atoms in total. The molecule has 2 aromatic rings. The number of carbonyl (C=O) groups is 2. The van der Waals surface area contributed by atoms with Crippen LogP contribution >= 0.6 is 11.6 Å². The minimum atomic E-state index is -0.690. The molecule has 2 aliphatic rings. The third-order valence-corrected chi connectivity index (χ3v) is 6.10.